The SMILES string of the molecule is Cc1cccc2c1N(S(=O)(=O)c1ccc(C(F)(F)F)cc1)CC2. The summed E-state index contributed by atoms with van der Waals surface area (Å²) in [7, 11) is -3.87. The van der Waals surface area contributed by atoms with Gasteiger partial charge in [-0.1, -0.05) is 18.2 Å². The average molecular weight is 341 g/mol. The third-order valence-corrected chi connectivity index (χ3v) is 5.74. The highest BCUT2D eigenvalue weighted by Gasteiger charge is 2.34. The van der Waals surface area contributed by atoms with Gasteiger partial charge in [0.1, 0.15) is 0 Å². The number of fused-ring (bicyclic) bond motifs is 1. The molecule has 0 radical (unpaired) electrons. The molecule has 3 nitrogen and oxygen atoms in total. The number of benzene rings is 2. The molecule has 0 N–H and O–H groups in total. The monoisotopic (exact) mass is 341 g/mol. The van der Waals surface area contributed by atoms with Crippen LogP contribution in [0.1, 0.15) is 16.7 Å². The van der Waals surface area contributed by atoms with Gasteiger partial charge in [-0.15, -0.1) is 0 Å². The summed E-state index contributed by atoms with van der Waals surface area (Å²) in [5.74, 6) is 0. The minimum Gasteiger partial charge on any atom is -0.265 e. The van der Waals surface area contributed by atoms with E-state index < -0.39 is 21.8 Å². The molecule has 1 heterocycles. The van der Waals surface area contributed by atoms with Crippen LogP contribution in [-0.4, -0.2) is 15.0 Å². The van der Waals surface area contributed by atoms with Crippen LogP contribution in [-0.2, 0) is 22.6 Å². The molecule has 0 bridgehead atoms. The zero-order valence-electron chi connectivity index (χ0n) is 12.3. The number of anilines is 1. The summed E-state index contributed by atoms with van der Waals surface area (Å²) in [4.78, 5) is -0.137. The number of para-hydroxylation sites is 1. The van der Waals surface area contributed by atoms with E-state index in [9.17, 15) is 21.6 Å². The van der Waals surface area contributed by atoms with Crippen molar-refractivity contribution in [3.63, 3.8) is 0 Å². The van der Waals surface area contributed by atoms with E-state index in [1.165, 1.54) is 4.31 Å². The Morgan fingerprint density at radius 1 is 1.04 bits per heavy atom. The summed E-state index contributed by atoms with van der Waals surface area (Å²) in [6, 6.07) is 9.15. The molecule has 0 spiro atoms. The average Bonchev–Trinajstić information content (AvgIpc) is 2.93. The van der Waals surface area contributed by atoms with E-state index in [2.05, 4.69) is 0 Å². The van der Waals surface area contributed by atoms with Crippen LogP contribution in [0.15, 0.2) is 47.4 Å². The van der Waals surface area contributed by atoms with Crippen molar-refractivity contribution >= 4 is 15.7 Å². The maximum absolute atomic E-state index is 12.8. The molecule has 1 aliphatic rings. The van der Waals surface area contributed by atoms with Gasteiger partial charge in [0.2, 0.25) is 0 Å². The van der Waals surface area contributed by atoms with E-state index in [0.717, 1.165) is 35.4 Å². The van der Waals surface area contributed by atoms with Crippen molar-refractivity contribution in [1.29, 1.82) is 0 Å². The normalized spacial score (nSPS) is 14.9. The van der Waals surface area contributed by atoms with E-state index >= 15 is 0 Å². The molecule has 2 aromatic rings. The first-order valence-electron chi connectivity index (χ1n) is 7.00. The van der Waals surface area contributed by atoms with Gasteiger partial charge in [0.05, 0.1) is 16.1 Å². The van der Waals surface area contributed by atoms with E-state index in [1.54, 1.807) is 0 Å². The van der Waals surface area contributed by atoms with Gasteiger partial charge in [-0.25, -0.2) is 8.42 Å². The number of hydrogen-bond donors (Lipinski definition) is 0. The minimum atomic E-state index is -4.49. The van der Waals surface area contributed by atoms with Gasteiger partial charge in [-0.05, 0) is 48.7 Å². The van der Waals surface area contributed by atoms with Crippen molar-refractivity contribution in [1.82, 2.24) is 0 Å². The Morgan fingerprint density at radius 2 is 1.70 bits per heavy atom. The Morgan fingerprint density at radius 3 is 2.30 bits per heavy atom. The lowest BCUT2D eigenvalue weighted by Gasteiger charge is -2.21. The number of halogens is 3. The van der Waals surface area contributed by atoms with Crippen LogP contribution in [0.4, 0.5) is 18.9 Å². The van der Waals surface area contributed by atoms with Crippen LogP contribution in [0.25, 0.3) is 0 Å². The lowest BCUT2D eigenvalue weighted by Crippen LogP contribution is -2.29. The summed E-state index contributed by atoms with van der Waals surface area (Å²) in [6.45, 7) is 2.11. The lowest BCUT2D eigenvalue weighted by atomic mass is 10.1. The molecule has 7 heteroatoms. The highest BCUT2D eigenvalue weighted by Crippen LogP contribution is 2.36. The van der Waals surface area contributed by atoms with Gasteiger partial charge < -0.3 is 0 Å². The summed E-state index contributed by atoms with van der Waals surface area (Å²) in [5.41, 5.74) is 1.53. The van der Waals surface area contributed by atoms with E-state index in [-0.39, 0.29) is 4.90 Å². The molecule has 23 heavy (non-hydrogen) atoms. The summed E-state index contributed by atoms with van der Waals surface area (Å²) in [5, 5.41) is 0. The first-order valence-corrected chi connectivity index (χ1v) is 8.44. The third kappa shape index (κ3) is 2.69. The van der Waals surface area contributed by atoms with Crippen LogP contribution in [0.3, 0.4) is 0 Å². The number of hydrogen-bond acceptors (Lipinski definition) is 2. The van der Waals surface area contributed by atoms with Gasteiger partial charge >= 0.3 is 6.18 Å². The maximum Gasteiger partial charge on any atom is 0.416 e. The molecule has 122 valence electrons. The Hall–Kier alpha value is -2.02. The summed E-state index contributed by atoms with van der Waals surface area (Å²) in [6.07, 6.45) is -3.89. The molecule has 0 aromatic heterocycles. The van der Waals surface area contributed by atoms with Crippen molar-refractivity contribution in [2.75, 3.05) is 10.8 Å². The predicted molar refractivity (Wildman–Crippen MR) is 80.9 cm³/mol. The molecule has 0 unspecified atom stereocenters. The number of sulfonamides is 1. The standard InChI is InChI=1S/C16H14F3NO2S/c1-11-3-2-4-12-9-10-20(15(11)12)23(21,22)14-7-5-13(6-8-14)16(17,18)19/h2-8H,9-10H2,1H3. The molecule has 2 aromatic carbocycles. The number of alkyl halides is 3. The minimum absolute atomic E-state index is 0.137. The van der Waals surface area contributed by atoms with Crippen LogP contribution in [0, 0.1) is 6.92 Å². The largest absolute Gasteiger partial charge is 0.416 e. The van der Waals surface area contributed by atoms with Crippen LogP contribution in [0.5, 0.6) is 0 Å². The van der Waals surface area contributed by atoms with E-state index in [0.29, 0.717) is 18.7 Å². The topological polar surface area (TPSA) is 37.4 Å². The molecule has 1 aliphatic heterocycles. The zero-order valence-corrected chi connectivity index (χ0v) is 13.1. The van der Waals surface area contributed by atoms with Crippen LogP contribution in [0.2, 0.25) is 0 Å². The van der Waals surface area contributed by atoms with Crippen molar-refractivity contribution < 1.29 is 21.6 Å². The smallest absolute Gasteiger partial charge is 0.265 e. The van der Waals surface area contributed by atoms with Gasteiger partial charge in [-0.3, -0.25) is 4.31 Å². The third-order valence-electron chi connectivity index (χ3n) is 3.92. The predicted octanol–water partition coefficient (Wildman–Crippen LogP) is 3.77. The summed E-state index contributed by atoms with van der Waals surface area (Å²) >= 11 is 0. The number of nitrogens with zero attached hydrogens (tertiary/aromatic N) is 1. The zero-order chi connectivity index (χ0) is 16.8. The molecule has 3 rings (SSSR count). The molecular weight excluding hydrogens is 327 g/mol. The van der Waals surface area contributed by atoms with Crippen LogP contribution >= 0.6 is 0 Å². The van der Waals surface area contributed by atoms with Crippen LogP contribution < -0.4 is 4.31 Å². The second-order valence-electron chi connectivity index (χ2n) is 5.43. The fourth-order valence-corrected chi connectivity index (χ4v) is 4.36. The van der Waals surface area contributed by atoms with Gasteiger partial charge in [0.25, 0.3) is 10.0 Å². The van der Waals surface area contributed by atoms with Crippen molar-refractivity contribution in [2.45, 2.75) is 24.4 Å². The van der Waals surface area contributed by atoms with Gasteiger partial charge in [0.15, 0.2) is 0 Å². The summed E-state index contributed by atoms with van der Waals surface area (Å²) < 4.78 is 64.6. The van der Waals surface area contributed by atoms with Gasteiger partial charge in [-0.2, -0.15) is 13.2 Å². The molecular formula is C16H14F3NO2S. The van der Waals surface area contributed by atoms with E-state index in [4.69, 9.17) is 0 Å². The Kier molecular flexibility index (Phi) is 3.63. The lowest BCUT2D eigenvalue weighted by molar-refractivity contribution is -0.137. The first kappa shape index (κ1) is 15.9. The molecule has 0 aliphatic carbocycles. The second kappa shape index (κ2) is 5.26. The fraction of sp³-hybridized carbons (Fsp3) is 0.250. The van der Waals surface area contributed by atoms with Gasteiger partial charge in [0, 0.05) is 6.54 Å². The number of rotatable bonds is 2. The van der Waals surface area contributed by atoms with Crippen molar-refractivity contribution in [3.8, 4) is 0 Å². The Labute approximate surface area is 132 Å². The molecule has 0 amide bonds. The van der Waals surface area contributed by atoms with Crippen molar-refractivity contribution in [2.24, 2.45) is 0 Å². The molecule has 0 saturated carbocycles. The molecule has 0 saturated heterocycles. The van der Waals surface area contributed by atoms with Crippen molar-refractivity contribution in [3.05, 3.63) is 59.2 Å². The maximum atomic E-state index is 12.8. The highest BCUT2D eigenvalue weighted by molar-refractivity contribution is 7.92. The van der Waals surface area contributed by atoms with E-state index in [1.807, 2.05) is 25.1 Å². The molecule has 0 atom stereocenters. The first-order chi connectivity index (χ1) is 10.7. The fourth-order valence-electron chi connectivity index (χ4n) is 2.80. The Bertz CT molecular complexity index is 843. The highest BCUT2D eigenvalue weighted by atomic mass is 32.2. The quantitative estimate of drug-likeness (QED) is 0.834. The second-order valence-corrected chi connectivity index (χ2v) is 7.29. The molecule has 0 fully saturated rings. The number of aryl methyl sites for hydroxylation is 1. The Balaban J connectivity index is 2.02.